The number of pyridine rings is 2. The maximum atomic E-state index is 16.5. The molecule has 4 aliphatic heterocycles. The highest BCUT2D eigenvalue weighted by Crippen LogP contribution is 2.42. The van der Waals surface area contributed by atoms with Crippen molar-refractivity contribution in [3.05, 3.63) is 128 Å². The van der Waals surface area contributed by atoms with Crippen molar-refractivity contribution in [2.24, 2.45) is 7.05 Å². The molecule has 0 radical (unpaired) electrons. The number of hydrogen-bond acceptors (Lipinski definition) is 16. The first-order chi connectivity index (χ1) is 40.5. The predicted octanol–water partition coefficient (Wildman–Crippen LogP) is 7.34. The molecule has 3 N–H and O–H groups in total. The number of rotatable bonds is 12. The molecule has 4 saturated heterocycles. The number of H-pyrrole nitrogens is 1. The molecule has 4 fully saturated rings. The highest BCUT2D eigenvalue weighted by Gasteiger charge is 2.35. The lowest BCUT2D eigenvalue weighted by molar-refractivity contribution is 0.100. The Balaban J connectivity index is 0.000000204. The number of piperazine rings is 2. The van der Waals surface area contributed by atoms with Gasteiger partial charge in [0.05, 0.1) is 60.1 Å². The van der Waals surface area contributed by atoms with E-state index in [1.807, 2.05) is 51.6 Å². The molecule has 4 aromatic heterocycles. The Kier molecular flexibility index (Phi) is 18.8. The van der Waals surface area contributed by atoms with Gasteiger partial charge in [0.2, 0.25) is 17.5 Å². The van der Waals surface area contributed by atoms with Gasteiger partial charge in [0.15, 0.2) is 11.6 Å². The standard InChI is InChI=1S/C29H33F4N7O3.C28H31F4N7O3/c1-16-13-40(14-17(2)38(16)4)22-10-21(30)24(18-11-34-29(35-12-18)39-5-7-43-8-6-39)25(31)26(22)36-28(42)20-15-37(3)23(41)9-19(20)27(32)33;1-15-13-39(14-16(2)37(15)3)21-9-20(29)23(17-10-34-28(35-11-17)38-4-6-42-7-5-38)24(30)25(21)36-27(41)19-12-33-22(40)8-18(19)26(31)32/h9-12,15-17,27H,5-8,13-14H2,1-4H3,(H,36,42);8-12,15-16,26H,4-7,13-14H2,1-3H3,(H,33,40)(H,36,41)/t16-,17+;15-,16+. The topological polar surface area (TPSA) is 203 Å². The maximum Gasteiger partial charge on any atom is 0.264 e. The number of benzene rings is 2. The number of morpholine rings is 2. The van der Waals surface area contributed by atoms with Crippen molar-refractivity contribution in [3.63, 3.8) is 0 Å². The largest absolute Gasteiger partial charge is 0.378 e. The van der Waals surface area contributed by atoms with Crippen LogP contribution in [0.2, 0.25) is 0 Å². The minimum atomic E-state index is -3.14. The van der Waals surface area contributed by atoms with Gasteiger partial charge < -0.3 is 49.3 Å². The Bertz CT molecular complexity index is 3510. The van der Waals surface area contributed by atoms with Crippen LogP contribution >= 0.6 is 0 Å². The molecule has 0 aliphatic carbocycles. The number of carbonyl (C=O) groups is 2. The summed E-state index contributed by atoms with van der Waals surface area (Å²) in [5.74, 6) is -5.41. The van der Waals surface area contributed by atoms with Gasteiger partial charge in [-0.1, -0.05) is 0 Å². The van der Waals surface area contributed by atoms with Crippen LogP contribution in [0.1, 0.15) is 72.4 Å². The minimum absolute atomic E-state index is 0.00770. The number of hydrogen-bond donors (Lipinski definition) is 3. The smallest absolute Gasteiger partial charge is 0.264 e. The van der Waals surface area contributed by atoms with Crippen LogP contribution in [0.5, 0.6) is 0 Å². The molecule has 20 nitrogen and oxygen atoms in total. The molecular formula is C57H64F8N14O6. The molecule has 4 atom stereocenters. The van der Waals surface area contributed by atoms with Gasteiger partial charge in [-0.3, -0.25) is 29.0 Å². The number of likely N-dealkylation sites (N-methyl/N-ethyl adjacent to an activating group) is 2. The molecule has 454 valence electrons. The number of aromatic nitrogens is 6. The first-order valence-corrected chi connectivity index (χ1v) is 27.4. The van der Waals surface area contributed by atoms with Gasteiger partial charge in [-0.2, -0.15) is 0 Å². The van der Waals surface area contributed by atoms with Crippen molar-refractivity contribution in [1.29, 1.82) is 0 Å². The van der Waals surface area contributed by atoms with Crippen molar-refractivity contribution >= 4 is 46.5 Å². The lowest BCUT2D eigenvalue weighted by Crippen LogP contribution is -2.55. The summed E-state index contributed by atoms with van der Waals surface area (Å²) in [4.78, 5) is 81.3. The number of nitrogens with zero attached hydrogens (tertiary/aromatic N) is 11. The van der Waals surface area contributed by atoms with E-state index in [0.29, 0.717) is 103 Å². The van der Waals surface area contributed by atoms with Gasteiger partial charge in [-0.15, -0.1) is 0 Å². The fourth-order valence-corrected chi connectivity index (χ4v) is 10.7. The lowest BCUT2D eigenvalue weighted by Gasteiger charge is -2.44. The van der Waals surface area contributed by atoms with Gasteiger partial charge in [0, 0.05) is 167 Å². The zero-order valence-electron chi connectivity index (χ0n) is 47.6. The van der Waals surface area contributed by atoms with E-state index in [1.54, 1.807) is 9.80 Å². The summed E-state index contributed by atoms with van der Waals surface area (Å²) >= 11 is 0. The Hall–Kier alpha value is -8.08. The number of aryl methyl sites for hydroxylation is 1. The molecule has 0 bridgehead atoms. The van der Waals surface area contributed by atoms with Crippen molar-refractivity contribution in [3.8, 4) is 22.3 Å². The number of nitrogens with one attached hydrogen (secondary N) is 3. The van der Waals surface area contributed by atoms with Crippen LogP contribution in [0.25, 0.3) is 22.3 Å². The lowest BCUT2D eigenvalue weighted by atomic mass is 10.0. The van der Waals surface area contributed by atoms with E-state index in [0.717, 1.165) is 29.1 Å². The summed E-state index contributed by atoms with van der Waals surface area (Å²) in [6.07, 6.45) is 0.729. The third kappa shape index (κ3) is 13.3. The van der Waals surface area contributed by atoms with Gasteiger partial charge >= 0.3 is 0 Å². The number of halogens is 8. The summed E-state index contributed by atoms with van der Waals surface area (Å²) in [7, 11) is 5.21. The summed E-state index contributed by atoms with van der Waals surface area (Å²) in [6.45, 7) is 13.7. The van der Waals surface area contributed by atoms with Crippen LogP contribution in [-0.2, 0) is 16.5 Å². The molecule has 0 spiro atoms. The molecule has 8 heterocycles. The van der Waals surface area contributed by atoms with Crippen molar-refractivity contribution < 1.29 is 54.2 Å². The van der Waals surface area contributed by atoms with E-state index in [9.17, 15) is 36.7 Å². The van der Waals surface area contributed by atoms with Gasteiger partial charge in [-0.25, -0.2) is 55.1 Å². The number of carbonyl (C=O) groups excluding carboxylic acids is 2. The van der Waals surface area contributed by atoms with Crippen LogP contribution in [-0.4, -0.2) is 168 Å². The van der Waals surface area contributed by atoms with E-state index in [1.165, 1.54) is 31.8 Å². The molecule has 0 saturated carbocycles. The van der Waals surface area contributed by atoms with Gasteiger partial charge in [-0.05, 0) is 41.8 Å². The number of amides is 2. The Morgan fingerprint density at radius 1 is 0.565 bits per heavy atom. The molecule has 85 heavy (non-hydrogen) atoms. The minimum Gasteiger partial charge on any atom is -0.378 e. The maximum absolute atomic E-state index is 16.5. The molecule has 0 unspecified atom stereocenters. The van der Waals surface area contributed by atoms with E-state index in [2.05, 4.69) is 45.4 Å². The zero-order valence-corrected chi connectivity index (χ0v) is 47.6. The quantitative estimate of drug-likeness (QED) is 0.103. The Morgan fingerprint density at radius 3 is 1.33 bits per heavy atom. The second-order valence-corrected chi connectivity index (χ2v) is 21.4. The summed E-state index contributed by atoms with van der Waals surface area (Å²) < 4.78 is 131. The second kappa shape index (κ2) is 26.0. The van der Waals surface area contributed by atoms with Gasteiger partial charge in [0.1, 0.15) is 23.0 Å². The first kappa shape index (κ1) is 61.5. The molecule has 2 amide bonds. The van der Waals surface area contributed by atoms with Crippen LogP contribution < -0.4 is 41.4 Å². The predicted molar refractivity (Wildman–Crippen MR) is 303 cm³/mol. The van der Waals surface area contributed by atoms with Crippen LogP contribution in [0, 0.1) is 23.3 Å². The number of alkyl halides is 4. The molecule has 4 aliphatic rings. The SMILES string of the molecule is C[C@@H]1CN(c2cc(F)c(-c3cnc(N4CCOCC4)nc3)c(F)c2NC(=O)c2c[nH]c(=O)cc2C(F)F)C[C@H](C)N1C.C[C@@H]1CN(c2cc(F)c(-c3cnc(N4CCOCC4)nc3)c(F)c2NC(=O)c2cn(C)c(=O)cc2C(F)F)C[C@H](C)N1C. The average Bonchev–Trinajstić information content (AvgIpc) is 2.30. The normalized spacial score (nSPS) is 19.7. The van der Waals surface area contributed by atoms with Crippen LogP contribution in [0.15, 0.2) is 71.0 Å². The number of ether oxygens (including phenoxy) is 2. The second-order valence-electron chi connectivity index (χ2n) is 21.4. The summed E-state index contributed by atoms with van der Waals surface area (Å²) in [5.41, 5.74) is -5.74. The van der Waals surface area contributed by atoms with E-state index >= 15 is 17.6 Å². The third-order valence-corrected chi connectivity index (χ3v) is 15.9. The average molecular weight is 1190 g/mol. The number of anilines is 6. The number of aromatic amines is 1. The first-order valence-electron chi connectivity index (χ1n) is 27.4. The van der Waals surface area contributed by atoms with E-state index in [4.69, 9.17) is 9.47 Å². The molecule has 28 heteroatoms. The molecule has 6 aromatic rings. The van der Waals surface area contributed by atoms with Crippen molar-refractivity contribution in [2.45, 2.75) is 64.7 Å². The van der Waals surface area contributed by atoms with Gasteiger partial charge in [0.25, 0.3) is 30.2 Å². The van der Waals surface area contributed by atoms with E-state index < -0.39 is 92.4 Å². The third-order valence-electron chi connectivity index (χ3n) is 15.9. The molecule has 10 rings (SSSR count). The fraction of sp³-hybridized carbons (Fsp3) is 0.439. The van der Waals surface area contributed by atoms with Crippen molar-refractivity contribution in [1.82, 2.24) is 39.3 Å². The Labute approximate surface area is 483 Å². The van der Waals surface area contributed by atoms with Crippen LogP contribution in [0.3, 0.4) is 0 Å². The van der Waals surface area contributed by atoms with E-state index in [-0.39, 0.29) is 58.0 Å². The van der Waals surface area contributed by atoms with Crippen molar-refractivity contribution in [2.75, 3.05) is 123 Å². The molecular weight excluding hydrogens is 1130 g/mol. The zero-order chi connectivity index (χ0) is 61.1. The highest BCUT2D eigenvalue weighted by atomic mass is 19.3. The monoisotopic (exact) mass is 1190 g/mol. The fourth-order valence-electron chi connectivity index (χ4n) is 10.7. The summed E-state index contributed by atoms with van der Waals surface area (Å²) in [6, 6.07) is 3.57. The Morgan fingerprint density at radius 2 is 0.941 bits per heavy atom. The van der Waals surface area contributed by atoms with Crippen LogP contribution in [0.4, 0.5) is 69.8 Å². The molecule has 2 aromatic carbocycles. The highest BCUT2D eigenvalue weighted by molar-refractivity contribution is 6.08. The summed E-state index contributed by atoms with van der Waals surface area (Å²) in [5, 5.41) is 4.82.